The Morgan fingerprint density at radius 3 is 2.55 bits per heavy atom. The number of aryl methyl sites for hydroxylation is 1. The smallest absolute Gasteiger partial charge is 0.391 e. The molecule has 0 saturated carbocycles. The number of aromatic nitrogens is 2. The number of ether oxygens (including phenoxy) is 1. The third kappa shape index (κ3) is 3.68. The van der Waals surface area contributed by atoms with Gasteiger partial charge in [-0.1, -0.05) is 18.2 Å². The molecule has 104 valence electrons. The number of nitrogens with zero attached hydrogens (tertiary/aromatic N) is 3. The fourth-order valence-electron chi connectivity index (χ4n) is 1.48. The Morgan fingerprint density at radius 2 is 1.90 bits per heavy atom. The lowest BCUT2D eigenvalue weighted by molar-refractivity contribution is 0.170. The maximum atomic E-state index is 11.5. The van der Waals surface area contributed by atoms with Gasteiger partial charge in [0.2, 0.25) is 11.8 Å². The lowest BCUT2D eigenvalue weighted by Gasteiger charge is -2.11. The molecule has 0 atom stereocenters. The van der Waals surface area contributed by atoms with Crippen molar-refractivity contribution < 1.29 is 9.53 Å². The molecule has 0 spiro atoms. The number of hydrogen-bond acceptors (Lipinski definition) is 5. The van der Waals surface area contributed by atoms with Gasteiger partial charge in [0, 0.05) is 31.5 Å². The molecule has 6 heteroatoms. The summed E-state index contributed by atoms with van der Waals surface area (Å²) >= 11 is 0. The van der Waals surface area contributed by atoms with Crippen LogP contribution in [-0.4, -0.2) is 35.1 Å². The molecule has 0 fully saturated rings. The molecule has 1 aromatic heterocycles. The van der Waals surface area contributed by atoms with E-state index in [4.69, 9.17) is 4.74 Å². The Morgan fingerprint density at radius 1 is 1.20 bits per heavy atom. The lowest BCUT2D eigenvalue weighted by Crippen LogP contribution is -2.25. The van der Waals surface area contributed by atoms with Crippen LogP contribution in [0.3, 0.4) is 0 Å². The molecule has 0 saturated heterocycles. The minimum Gasteiger partial charge on any atom is -0.391 e. The summed E-state index contributed by atoms with van der Waals surface area (Å²) in [4.78, 5) is 21.3. The van der Waals surface area contributed by atoms with Crippen molar-refractivity contribution in [3.63, 3.8) is 0 Å². The molecule has 2 aromatic rings. The Kier molecular flexibility index (Phi) is 4.14. The Balaban J connectivity index is 2.18. The predicted octanol–water partition coefficient (Wildman–Crippen LogP) is 2.59. The fourth-order valence-corrected chi connectivity index (χ4v) is 1.48. The van der Waals surface area contributed by atoms with Crippen LogP contribution in [0.2, 0.25) is 0 Å². The summed E-state index contributed by atoms with van der Waals surface area (Å²) in [6.07, 6.45) is -0.478. The lowest BCUT2D eigenvalue weighted by atomic mass is 10.3. The highest BCUT2D eigenvalue weighted by Gasteiger charge is 2.10. The number of nitrogens with one attached hydrogen (secondary N) is 1. The van der Waals surface area contributed by atoms with Crippen molar-refractivity contribution in [2.24, 2.45) is 0 Å². The second kappa shape index (κ2) is 6.01. The molecule has 1 heterocycles. The van der Waals surface area contributed by atoms with E-state index in [1.165, 1.54) is 4.90 Å². The van der Waals surface area contributed by atoms with Crippen LogP contribution < -0.4 is 10.1 Å². The second-order valence-corrected chi connectivity index (χ2v) is 4.42. The highest BCUT2D eigenvalue weighted by Crippen LogP contribution is 2.16. The maximum absolute atomic E-state index is 11.5. The first-order valence-corrected chi connectivity index (χ1v) is 6.11. The first-order valence-electron chi connectivity index (χ1n) is 6.11. The summed E-state index contributed by atoms with van der Waals surface area (Å²) < 4.78 is 5.13. The highest BCUT2D eigenvalue weighted by atomic mass is 16.6. The molecule has 20 heavy (non-hydrogen) atoms. The van der Waals surface area contributed by atoms with E-state index < -0.39 is 6.09 Å². The summed E-state index contributed by atoms with van der Waals surface area (Å²) in [5.41, 5.74) is 1.57. The third-order valence-electron chi connectivity index (χ3n) is 2.42. The van der Waals surface area contributed by atoms with Crippen LogP contribution in [0.15, 0.2) is 36.4 Å². The van der Waals surface area contributed by atoms with Gasteiger partial charge in [0.1, 0.15) is 0 Å². The van der Waals surface area contributed by atoms with Gasteiger partial charge in [0.15, 0.2) is 0 Å². The van der Waals surface area contributed by atoms with Crippen molar-refractivity contribution >= 4 is 17.7 Å². The van der Waals surface area contributed by atoms with E-state index in [1.807, 2.05) is 37.3 Å². The monoisotopic (exact) mass is 272 g/mol. The largest absolute Gasteiger partial charge is 0.416 e. The van der Waals surface area contributed by atoms with Crippen molar-refractivity contribution in [2.75, 3.05) is 19.4 Å². The molecule has 0 unspecified atom stereocenters. The normalized spacial score (nSPS) is 9.95. The quantitative estimate of drug-likeness (QED) is 0.930. The number of carbonyl (C=O) groups is 1. The minimum absolute atomic E-state index is 0.217. The Labute approximate surface area is 117 Å². The van der Waals surface area contributed by atoms with Crippen LogP contribution in [0, 0.1) is 6.92 Å². The minimum atomic E-state index is -0.478. The average molecular weight is 272 g/mol. The fraction of sp³-hybridized carbons (Fsp3) is 0.214. The van der Waals surface area contributed by atoms with E-state index in [2.05, 4.69) is 15.3 Å². The average Bonchev–Trinajstić information content (AvgIpc) is 2.39. The van der Waals surface area contributed by atoms with E-state index in [-0.39, 0.29) is 5.88 Å². The molecular weight excluding hydrogens is 256 g/mol. The number of carbonyl (C=O) groups excluding carboxylic acids is 1. The van der Waals surface area contributed by atoms with Gasteiger partial charge in [-0.05, 0) is 19.1 Å². The first kappa shape index (κ1) is 13.8. The predicted molar refractivity (Wildman–Crippen MR) is 76.2 cm³/mol. The maximum Gasteiger partial charge on any atom is 0.416 e. The van der Waals surface area contributed by atoms with Crippen LogP contribution in [0.1, 0.15) is 5.69 Å². The zero-order valence-electron chi connectivity index (χ0n) is 11.6. The second-order valence-electron chi connectivity index (χ2n) is 4.42. The zero-order chi connectivity index (χ0) is 14.5. The molecule has 0 aliphatic carbocycles. The molecule has 0 bridgehead atoms. The summed E-state index contributed by atoms with van der Waals surface area (Å²) in [6, 6.07) is 11.1. The SMILES string of the molecule is Cc1cc(OC(=O)N(C)C)nc(Nc2ccccc2)n1. The molecule has 1 amide bonds. The van der Waals surface area contributed by atoms with Gasteiger partial charge >= 0.3 is 6.09 Å². The van der Waals surface area contributed by atoms with Gasteiger partial charge in [0.25, 0.3) is 0 Å². The van der Waals surface area contributed by atoms with Crippen molar-refractivity contribution in [3.05, 3.63) is 42.1 Å². The number of para-hydroxylation sites is 1. The van der Waals surface area contributed by atoms with Crippen molar-refractivity contribution in [2.45, 2.75) is 6.92 Å². The molecule has 1 aromatic carbocycles. The van der Waals surface area contributed by atoms with Crippen LogP contribution in [-0.2, 0) is 0 Å². The summed E-state index contributed by atoms with van der Waals surface area (Å²) in [5.74, 6) is 0.604. The number of anilines is 2. The van der Waals surface area contributed by atoms with Gasteiger partial charge in [-0.25, -0.2) is 9.78 Å². The van der Waals surface area contributed by atoms with Crippen LogP contribution >= 0.6 is 0 Å². The number of benzene rings is 1. The summed E-state index contributed by atoms with van der Waals surface area (Å²) in [5, 5.41) is 3.06. The van der Waals surface area contributed by atoms with Crippen molar-refractivity contribution in [1.82, 2.24) is 14.9 Å². The number of rotatable bonds is 3. The molecule has 0 aliphatic rings. The summed E-state index contributed by atoms with van der Waals surface area (Å²) in [7, 11) is 3.22. The third-order valence-corrected chi connectivity index (χ3v) is 2.42. The topological polar surface area (TPSA) is 67.3 Å². The van der Waals surface area contributed by atoms with Crippen molar-refractivity contribution in [3.8, 4) is 5.88 Å². The van der Waals surface area contributed by atoms with Gasteiger partial charge < -0.3 is 15.0 Å². The molecule has 1 N–H and O–H groups in total. The molecule has 6 nitrogen and oxygen atoms in total. The Hall–Kier alpha value is -2.63. The van der Waals surface area contributed by atoms with Crippen LogP contribution in [0.5, 0.6) is 5.88 Å². The van der Waals surface area contributed by atoms with E-state index in [0.717, 1.165) is 5.69 Å². The van der Waals surface area contributed by atoms with Crippen LogP contribution in [0.4, 0.5) is 16.4 Å². The number of amides is 1. The van der Waals surface area contributed by atoms with Gasteiger partial charge in [0.05, 0.1) is 0 Å². The Bertz CT molecular complexity index is 599. The summed E-state index contributed by atoms with van der Waals surface area (Å²) in [6.45, 7) is 1.81. The van der Waals surface area contributed by atoms with Gasteiger partial charge in [-0.3, -0.25) is 0 Å². The molecule has 2 rings (SSSR count). The van der Waals surface area contributed by atoms with Crippen LogP contribution in [0.25, 0.3) is 0 Å². The zero-order valence-corrected chi connectivity index (χ0v) is 11.6. The molecular formula is C14H16N4O2. The van der Waals surface area contributed by atoms with E-state index in [1.54, 1.807) is 20.2 Å². The standard InChI is InChI=1S/C14H16N4O2/c1-10-9-12(20-14(19)18(2)3)17-13(15-10)16-11-7-5-4-6-8-11/h4-9H,1-3H3,(H,15,16,17). The van der Waals surface area contributed by atoms with E-state index >= 15 is 0 Å². The van der Waals surface area contributed by atoms with E-state index in [9.17, 15) is 4.79 Å². The first-order chi connectivity index (χ1) is 9.54. The van der Waals surface area contributed by atoms with Gasteiger partial charge in [-0.15, -0.1) is 0 Å². The molecule has 0 radical (unpaired) electrons. The molecule has 0 aliphatic heterocycles. The van der Waals surface area contributed by atoms with Crippen molar-refractivity contribution in [1.29, 1.82) is 0 Å². The van der Waals surface area contributed by atoms with E-state index in [0.29, 0.717) is 11.6 Å². The highest BCUT2D eigenvalue weighted by molar-refractivity contribution is 5.69. The number of hydrogen-bond donors (Lipinski definition) is 1. The van der Waals surface area contributed by atoms with Gasteiger partial charge in [-0.2, -0.15) is 4.98 Å².